The fourth-order valence-electron chi connectivity index (χ4n) is 2.78. The molecule has 4 nitrogen and oxygen atoms in total. The highest BCUT2D eigenvalue weighted by Crippen LogP contribution is 2.27. The maximum absolute atomic E-state index is 9.53. The molecule has 1 heterocycles. The summed E-state index contributed by atoms with van der Waals surface area (Å²) in [6.45, 7) is 5.30. The molecular formula is C19H22N2O2. The Kier molecular flexibility index (Phi) is 4.26. The van der Waals surface area contributed by atoms with Gasteiger partial charge in [-0.3, -0.25) is 0 Å². The zero-order chi connectivity index (χ0) is 16.4. The molecule has 0 spiro atoms. The third kappa shape index (κ3) is 3.17. The van der Waals surface area contributed by atoms with E-state index in [-0.39, 0.29) is 5.75 Å². The monoisotopic (exact) mass is 310 g/mol. The molecule has 3 rings (SSSR count). The number of hydrogen-bond donors (Lipinski definition) is 2. The van der Waals surface area contributed by atoms with Gasteiger partial charge in [0.15, 0.2) is 0 Å². The summed E-state index contributed by atoms with van der Waals surface area (Å²) in [5, 5.41) is 10.7. The smallest absolute Gasteiger partial charge is 0.123 e. The van der Waals surface area contributed by atoms with Gasteiger partial charge in [0, 0.05) is 41.3 Å². The van der Waals surface area contributed by atoms with Crippen LogP contribution in [0.3, 0.4) is 0 Å². The molecule has 3 aromatic rings. The second kappa shape index (κ2) is 6.34. The van der Waals surface area contributed by atoms with Crippen molar-refractivity contribution in [2.24, 2.45) is 5.73 Å². The molecule has 0 fully saturated rings. The van der Waals surface area contributed by atoms with E-state index in [0.717, 1.165) is 11.1 Å². The molecule has 0 amide bonds. The van der Waals surface area contributed by atoms with E-state index in [2.05, 4.69) is 42.8 Å². The zero-order valence-electron chi connectivity index (χ0n) is 13.5. The molecule has 0 radical (unpaired) electrons. The van der Waals surface area contributed by atoms with Crippen LogP contribution in [0.25, 0.3) is 10.9 Å². The molecule has 0 aliphatic carbocycles. The summed E-state index contributed by atoms with van der Waals surface area (Å²) >= 11 is 0. The van der Waals surface area contributed by atoms with E-state index < -0.39 is 0 Å². The molecule has 0 saturated heterocycles. The number of aromatic nitrogens is 1. The first-order valence-corrected chi connectivity index (χ1v) is 7.82. The molecular weight excluding hydrogens is 288 g/mol. The molecule has 0 unspecified atom stereocenters. The van der Waals surface area contributed by atoms with Gasteiger partial charge < -0.3 is 20.1 Å². The van der Waals surface area contributed by atoms with Crippen molar-refractivity contribution in [1.29, 1.82) is 0 Å². The Balaban J connectivity index is 1.95. The Morgan fingerprint density at radius 1 is 1.17 bits per heavy atom. The van der Waals surface area contributed by atoms with Gasteiger partial charge in [-0.1, -0.05) is 12.1 Å². The highest BCUT2D eigenvalue weighted by molar-refractivity contribution is 5.84. The molecule has 1 aromatic heterocycles. The highest BCUT2D eigenvalue weighted by Gasteiger charge is 2.12. The first-order valence-electron chi connectivity index (χ1n) is 7.82. The van der Waals surface area contributed by atoms with Crippen LogP contribution in [0.4, 0.5) is 0 Å². The summed E-state index contributed by atoms with van der Waals surface area (Å²) in [5.41, 5.74) is 9.19. The van der Waals surface area contributed by atoms with E-state index in [0.29, 0.717) is 24.9 Å². The van der Waals surface area contributed by atoms with Crippen LogP contribution < -0.4 is 10.5 Å². The average molecular weight is 310 g/mol. The highest BCUT2D eigenvalue weighted by atomic mass is 16.5. The maximum Gasteiger partial charge on any atom is 0.123 e. The van der Waals surface area contributed by atoms with Crippen LogP contribution >= 0.6 is 0 Å². The normalized spacial score (nSPS) is 11.3. The molecule has 120 valence electrons. The summed E-state index contributed by atoms with van der Waals surface area (Å²) in [6, 6.07) is 13.6. The summed E-state index contributed by atoms with van der Waals surface area (Å²) in [4.78, 5) is 0. The minimum absolute atomic E-state index is 0.206. The van der Waals surface area contributed by atoms with Crippen LogP contribution in [0.2, 0.25) is 0 Å². The van der Waals surface area contributed by atoms with Crippen LogP contribution in [0.1, 0.15) is 31.0 Å². The lowest BCUT2D eigenvalue weighted by atomic mass is 10.1. The van der Waals surface area contributed by atoms with Crippen molar-refractivity contribution in [3.05, 3.63) is 59.8 Å². The van der Waals surface area contributed by atoms with Gasteiger partial charge in [-0.25, -0.2) is 0 Å². The van der Waals surface area contributed by atoms with Gasteiger partial charge in [-0.15, -0.1) is 0 Å². The van der Waals surface area contributed by atoms with E-state index in [1.807, 2.05) is 6.07 Å². The standard InChI is InChI=1S/C19H22N2O2/c1-13(2)21-11-15(12-23-17-5-3-4-16(22)9-17)18-8-14(10-20)6-7-19(18)21/h3-9,11,13,22H,10,12,20H2,1-2H3. The number of phenols is 1. The Hall–Kier alpha value is -2.46. The molecule has 0 aliphatic heterocycles. The van der Waals surface area contributed by atoms with E-state index in [4.69, 9.17) is 10.5 Å². The summed E-state index contributed by atoms with van der Waals surface area (Å²) < 4.78 is 8.09. The zero-order valence-corrected chi connectivity index (χ0v) is 13.5. The van der Waals surface area contributed by atoms with Gasteiger partial charge in [0.2, 0.25) is 0 Å². The Bertz CT molecular complexity index is 821. The number of nitrogens with zero attached hydrogens (tertiary/aromatic N) is 1. The Morgan fingerprint density at radius 3 is 2.70 bits per heavy atom. The van der Waals surface area contributed by atoms with Gasteiger partial charge in [-0.2, -0.15) is 0 Å². The first-order chi connectivity index (χ1) is 11.1. The number of ether oxygens (including phenoxy) is 1. The fourth-order valence-corrected chi connectivity index (χ4v) is 2.78. The quantitative estimate of drug-likeness (QED) is 0.749. The summed E-state index contributed by atoms with van der Waals surface area (Å²) in [7, 11) is 0. The third-order valence-electron chi connectivity index (χ3n) is 3.98. The van der Waals surface area contributed by atoms with Crippen molar-refractivity contribution in [1.82, 2.24) is 4.57 Å². The molecule has 3 N–H and O–H groups in total. The summed E-state index contributed by atoms with van der Waals surface area (Å²) in [5.74, 6) is 0.864. The molecule has 0 saturated carbocycles. The molecule has 2 aromatic carbocycles. The number of aromatic hydroxyl groups is 1. The average Bonchev–Trinajstić information content (AvgIpc) is 2.91. The Labute approximate surface area is 136 Å². The number of hydrogen-bond acceptors (Lipinski definition) is 3. The van der Waals surface area contributed by atoms with Crippen molar-refractivity contribution in [2.45, 2.75) is 33.0 Å². The predicted molar refractivity (Wildman–Crippen MR) is 92.7 cm³/mol. The van der Waals surface area contributed by atoms with Gasteiger partial charge in [0.1, 0.15) is 18.1 Å². The molecule has 0 aliphatic rings. The number of rotatable bonds is 5. The van der Waals surface area contributed by atoms with Gasteiger partial charge >= 0.3 is 0 Å². The lowest BCUT2D eigenvalue weighted by Crippen LogP contribution is -1.99. The molecule has 23 heavy (non-hydrogen) atoms. The maximum atomic E-state index is 9.53. The number of nitrogens with two attached hydrogens (primary N) is 1. The van der Waals surface area contributed by atoms with Crippen molar-refractivity contribution < 1.29 is 9.84 Å². The fraction of sp³-hybridized carbons (Fsp3) is 0.263. The number of benzene rings is 2. The molecule has 0 atom stereocenters. The van der Waals surface area contributed by atoms with Crippen molar-refractivity contribution in [2.75, 3.05) is 0 Å². The van der Waals surface area contributed by atoms with Crippen molar-refractivity contribution in [3.63, 3.8) is 0 Å². The lowest BCUT2D eigenvalue weighted by Gasteiger charge is -2.09. The van der Waals surface area contributed by atoms with E-state index in [1.54, 1.807) is 18.2 Å². The second-order valence-corrected chi connectivity index (χ2v) is 6.00. The third-order valence-corrected chi connectivity index (χ3v) is 3.98. The van der Waals surface area contributed by atoms with E-state index >= 15 is 0 Å². The van der Waals surface area contributed by atoms with Crippen LogP contribution in [-0.4, -0.2) is 9.67 Å². The number of fused-ring (bicyclic) bond motifs is 1. The van der Waals surface area contributed by atoms with Gasteiger partial charge in [0.05, 0.1) is 0 Å². The second-order valence-electron chi connectivity index (χ2n) is 6.00. The van der Waals surface area contributed by atoms with Crippen LogP contribution in [0.5, 0.6) is 11.5 Å². The minimum Gasteiger partial charge on any atom is -0.508 e. The van der Waals surface area contributed by atoms with Gasteiger partial charge in [-0.05, 0) is 43.7 Å². The minimum atomic E-state index is 0.206. The van der Waals surface area contributed by atoms with Crippen LogP contribution in [0, 0.1) is 0 Å². The van der Waals surface area contributed by atoms with Crippen molar-refractivity contribution in [3.8, 4) is 11.5 Å². The lowest BCUT2D eigenvalue weighted by molar-refractivity contribution is 0.305. The van der Waals surface area contributed by atoms with E-state index in [1.165, 1.54) is 10.9 Å². The van der Waals surface area contributed by atoms with Crippen LogP contribution in [0.15, 0.2) is 48.7 Å². The predicted octanol–water partition coefficient (Wildman–Crippen LogP) is 3.97. The first kappa shape index (κ1) is 15.4. The van der Waals surface area contributed by atoms with Crippen molar-refractivity contribution >= 4 is 10.9 Å². The topological polar surface area (TPSA) is 60.4 Å². The largest absolute Gasteiger partial charge is 0.508 e. The van der Waals surface area contributed by atoms with Gasteiger partial charge in [0.25, 0.3) is 0 Å². The molecule has 4 heteroatoms. The Morgan fingerprint density at radius 2 is 2.00 bits per heavy atom. The SMILES string of the molecule is CC(C)n1cc(COc2cccc(O)c2)c2cc(CN)ccc21. The van der Waals surface area contributed by atoms with E-state index in [9.17, 15) is 5.11 Å². The number of phenolic OH excluding ortho intramolecular Hbond substituents is 1. The van der Waals surface area contributed by atoms with Crippen LogP contribution in [-0.2, 0) is 13.2 Å². The molecule has 0 bridgehead atoms. The summed E-state index contributed by atoms with van der Waals surface area (Å²) in [6.07, 6.45) is 2.14.